The molecule has 0 aromatic heterocycles. The molecule has 0 amide bonds. The van der Waals surface area contributed by atoms with Gasteiger partial charge >= 0.3 is 161 Å². The van der Waals surface area contributed by atoms with Crippen LogP contribution in [0.1, 0.15) is 0 Å². The molecule has 0 fully saturated rings. The zero-order chi connectivity index (χ0) is 13.5. The van der Waals surface area contributed by atoms with Crippen molar-refractivity contribution < 1.29 is 178 Å². The maximum atomic E-state index is 8.65. The molecule has 0 saturated heterocycles. The van der Waals surface area contributed by atoms with Crippen LogP contribution in [0.25, 0.3) is 0 Å². The molecule has 0 heterocycles. The molecule has 15 nitrogen and oxygen atoms in total. The normalized spacial score (nSPS) is 7.91. The van der Waals surface area contributed by atoms with Crippen molar-refractivity contribution in [3.05, 3.63) is 0 Å². The average Bonchev–Trinajstić information content (AvgIpc) is 1.41. The van der Waals surface area contributed by atoms with Gasteiger partial charge in [0.25, 0.3) is 0 Å². The van der Waals surface area contributed by atoms with Crippen LogP contribution < -0.4 is 22.6 Å². The molecule has 0 aliphatic carbocycles. The monoisotopic (exact) mass is 1020 g/mol. The fourth-order valence-corrected chi connectivity index (χ4v) is 0. The van der Waals surface area contributed by atoms with Gasteiger partial charge in [0.05, 0.1) is 0 Å². The van der Waals surface area contributed by atoms with Crippen molar-refractivity contribution in [1.29, 1.82) is 0 Å². The molecular formula is Fe4O15W3. The standard InChI is InChI=1S/4Fe.15O.3W/q4*+3;;;;;;;3*-2;6*-1;;;. The molecule has 0 aliphatic rings. The third-order valence-corrected chi connectivity index (χ3v) is 0. The van der Waals surface area contributed by atoms with Crippen LogP contribution in [0, 0.1) is 0 Å². The molecule has 22 heteroatoms. The van der Waals surface area contributed by atoms with Gasteiger partial charge < -0.3 is 16.4 Å². The Bertz CT molecular complexity index is 348. The van der Waals surface area contributed by atoms with E-state index >= 15 is 0 Å². The van der Waals surface area contributed by atoms with E-state index in [1.165, 1.54) is 0 Å². The molecule has 0 N–H and O–H groups in total. The molecular weight excluding hydrogens is 1010 g/mol. The van der Waals surface area contributed by atoms with Crippen molar-refractivity contribution in [2.45, 2.75) is 0 Å². The van der Waals surface area contributed by atoms with Crippen LogP contribution >= 0.6 is 0 Å². The first-order chi connectivity index (χ1) is 6.00. The van der Waals surface area contributed by atoms with E-state index in [2.05, 4.69) is 0 Å². The minimum atomic E-state index is -6.17. The Morgan fingerprint density at radius 3 is 0.364 bits per heavy atom. The van der Waals surface area contributed by atoms with Gasteiger partial charge in [-0.15, -0.1) is 0 Å². The van der Waals surface area contributed by atoms with Crippen molar-refractivity contribution >= 4 is 0 Å². The summed E-state index contributed by atoms with van der Waals surface area (Å²) in [5.74, 6) is 0. The molecule has 0 unspecified atom stereocenters. The SMILES string of the molecule is [Fe+3].[Fe+3].[Fe+3].[Fe+3].[O-2].[O-2].[O-2].[O]=[W](=[O])([O-])[O-].[O]=[W](=[O])([O-])[O-].[O]=[W](=[O])([O-])[O-]. The Balaban J connectivity index is -0.0000000106. The first-order valence-electron chi connectivity index (χ1n) is 2.00. The van der Waals surface area contributed by atoms with Crippen molar-refractivity contribution in [2.24, 2.45) is 0 Å². The van der Waals surface area contributed by atoms with Crippen LogP contribution in [0.2, 0.25) is 0 Å². The summed E-state index contributed by atoms with van der Waals surface area (Å²) in [7, 11) is 0. The summed E-state index contributed by atoms with van der Waals surface area (Å²) < 4.78 is 104. The minimum absolute atomic E-state index is 0. The molecule has 0 rings (SSSR count). The molecule has 0 aromatic carbocycles. The van der Waals surface area contributed by atoms with Gasteiger partial charge in [0.1, 0.15) is 0 Å². The first-order valence-corrected chi connectivity index (χ1v) is 16.4. The topological polar surface area (TPSA) is 326 Å². The molecule has 0 aromatic rings. The fourth-order valence-electron chi connectivity index (χ4n) is 0. The van der Waals surface area contributed by atoms with Crippen LogP contribution in [-0.4, -0.2) is 0 Å². The number of hydrogen-bond acceptors (Lipinski definition) is 12. The summed E-state index contributed by atoms with van der Waals surface area (Å²) in [5.41, 5.74) is 0. The first kappa shape index (κ1) is 64.3. The third-order valence-electron chi connectivity index (χ3n) is 0. The van der Waals surface area contributed by atoms with Crippen molar-refractivity contribution in [1.82, 2.24) is 0 Å². The van der Waals surface area contributed by atoms with Crippen molar-refractivity contribution in [3.8, 4) is 0 Å². The summed E-state index contributed by atoms with van der Waals surface area (Å²) in [6.45, 7) is 0. The molecule has 0 spiro atoms. The second-order valence-electron chi connectivity index (χ2n) is 1.22. The van der Waals surface area contributed by atoms with Crippen molar-refractivity contribution in [3.63, 3.8) is 0 Å². The average molecular weight is 1010 g/mol. The molecule has 0 saturated carbocycles. The van der Waals surface area contributed by atoms with E-state index in [0.29, 0.717) is 0 Å². The van der Waals surface area contributed by atoms with Crippen LogP contribution in [0.15, 0.2) is 0 Å². The summed E-state index contributed by atoms with van der Waals surface area (Å²) >= 11 is -18.5. The van der Waals surface area contributed by atoms with E-state index in [0.717, 1.165) is 0 Å². The molecule has 0 atom stereocenters. The Labute approximate surface area is 175 Å². The van der Waals surface area contributed by atoms with Gasteiger partial charge in [-0.1, -0.05) is 0 Å². The van der Waals surface area contributed by atoms with Gasteiger partial charge in [-0.2, -0.15) is 0 Å². The maximum absolute atomic E-state index is 8.65. The van der Waals surface area contributed by atoms with Crippen LogP contribution in [0.3, 0.4) is 0 Å². The number of hydrogen-bond donors (Lipinski definition) is 0. The van der Waals surface area contributed by atoms with E-state index in [1.807, 2.05) is 0 Å². The van der Waals surface area contributed by atoms with Gasteiger partial charge in [-0.05, 0) is 0 Å². The molecule has 4 radical (unpaired) electrons. The Kier molecular flexibility index (Phi) is 83.0. The third kappa shape index (κ3) is 1580. The zero-order valence-corrected chi connectivity index (χ0v) is 22.0. The summed E-state index contributed by atoms with van der Waals surface area (Å²) in [6, 6.07) is 0. The van der Waals surface area contributed by atoms with Crippen LogP contribution in [0.4, 0.5) is 0 Å². The number of rotatable bonds is 0. The Morgan fingerprint density at radius 2 is 0.364 bits per heavy atom. The molecule has 140 valence electrons. The van der Waals surface area contributed by atoms with Crippen LogP contribution in [0.5, 0.6) is 0 Å². The second-order valence-corrected chi connectivity index (χ2v) is 10.0. The van der Waals surface area contributed by atoms with E-state index in [4.69, 9.17) is 42.9 Å². The summed E-state index contributed by atoms with van der Waals surface area (Å²) in [4.78, 5) is 0. The second kappa shape index (κ2) is 28.4. The van der Waals surface area contributed by atoms with Gasteiger partial charge in [0.15, 0.2) is 0 Å². The van der Waals surface area contributed by atoms with Gasteiger partial charge in [0, 0.05) is 0 Å². The fraction of sp³-hybridized carbons (Fsp3) is 0. The summed E-state index contributed by atoms with van der Waals surface area (Å²) in [6.07, 6.45) is 0. The van der Waals surface area contributed by atoms with E-state index in [9.17, 15) is 0 Å². The van der Waals surface area contributed by atoms with Crippen LogP contribution in [-0.2, 0) is 155 Å². The predicted molar refractivity (Wildman–Crippen MR) is 6.18 cm³/mol. The van der Waals surface area contributed by atoms with E-state index in [-0.39, 0.29) is 84.7 Å². The zero-order valence-electron chi connectivity index (χ0n) is 8.76. The van der Waals surface area contributed by atoms with E-state index < -0.39 is 50.2 Å². The van der Waals surface area contributed by atoms with E-state index in [1.54, 1.807) is 0 Å². The van der Waals surface area contributed by atoms with Crippen molar-refractivity contribution in [2.75, 3.05) is 0 Å². The van der Waals surface area contributed by atoms with Gasteiger partial charge in [-0.25, -0.2) is 0 Å². The molecule has 22 heavy (non-hydrogen) atoms. The predicted octanol–water partition coefficient (Wildman–Crippen LogP) is -8.22. The molecule has 0 bridgehead atoms. The van der Waals surface area contributed by atoms with Gasteiger partial charge in [-0.3, -0.25) is 0 Å². The Hall–Kier alpha value is 2.58. The molecule has 0 aliphatic heterocycles. The summed E-state index contributed by atoms with van der Waals surface area (Å²) in [5, 5.41) is 0. The quantitative estimate of drug-likeness (QED) is 0.204. The van der Waals surface area contributed by atoms with Gasteiger partial charge in [0.2, 0.25) is 0 Å². The Morgan fingerprint density at radius 1 is 0.364 bits per heavy atom.